The number of nitrogens with zero attached hydrogens (tertiary/aromatic N) is 4. The summed E-state index contributed by atoms with van der Waals surface area (Å²) in [6.45, 7) is 9.69. The first-order valence-electron chi connectivity index (χ1n) is 9.99. The summed E-state index contributed by atoms with van der Waals surface area (Å²) >= 11 is 12.2. The van der Waals surface area contributed by atoms with E-state index in [9.17, 15) is 0 Å². The molecule has 1 atom stereocenters. The first-order valence-corrected chi connectivity index (χ1v) is 10.7. The minimum Gasteiger partial charge on any atom is -0.382 e. The Morgan fingerprint density at radius 3 is 2.83 bits per heavy atom. The lowest BCUT2D eigenvalue weighted by molar-refractivity contribution is 0.146. The van der Waals surface area contributed by atoms with Crippen LogP contribution >= 0.6 is 23.2 Å². The van der Waals surface area contributed by atoms with Crippen LogP contribution in [-0.4, -0.2) is 47.0 Å². The van der Waals surface area contributed by atoms with E-state index in [1.54, 1.807) is 6.33 Å². The first-order chi connectivity index (χ1) is 14.0. The van der Waals surface area contributed by atoms with Crippen LogP contribution in [0.5, 0.6) is 0 Å². The molecule has 0 saturated heterocycles. The second-order valence-corrected chi connectivity index (χ2v) is 7.36. The van der Waals surface area contributed by atoms with Crippen LogP contribution in [0.25, 0.3) is 0 Å². The number of aryl methyl sites for hydroxylation is 1. The SMILES string of the molecule is CCOCCCN=C(NCCn1cnnc1CC)NC(C)c1ccc(Cl)c(Cl)c1. The third-order valence-electron chi connectivity index (χ3n) is 4.37. The molecule has 2 aromatic rings. The van der Waals surface area contributed by atoms with Gasteiger partial charge in [0.05, 0.1) is 16.1 Å². The van der Waals surface area contributed by atoms with E-state index >= 15 is 0 Å². The summed E-state index contributed by atoms with van der Waals surface area (Å²) in [6.07, 6.45) is 3.48. The molecule has 1 heterocycles. The Hall–Kier alpha value is -1.83. The van der Waals surface area contributed by atoms with Crippen molar-refractivity contribution in [3.05, 3.63) is 46.0 Å². The van der Waals surface area contributed by atoms with Crippen LogP contribution in [0.3, 0.4) is 0 Å². The predicted molar refractivity (Wildman–Crippen MR) is 119 cm³/mol. The topological polar surface area (TPSA) is 76.4 Å². The lowest BCUT2D eigenvalue weighted by Gasteiger charge is -2.19. The average Bonchev–Trinajstić information content (AvgIpc) is 3.17. The molecule has 0 aliphatic heterocycles. The maximum Gasteiger partial charge on any atom is 0.191 e. The highest BCUT2D eigenvalue weighted by atomic mass is 35.5. The second kappa shape index (κ2) is 12.7. The Kier molecular flexibility index (Phi) is 10.2. The van der Waals surface area contributed by atoms with Crippen molar-refractivity contribution in [1.29, 1.82) is 0 Å². The molecule has 160 valence electrons. The van der Waals surface area contributed by atoms with E-state index in [-0.39, 0.29) is 6.04 Å². The van der Waals surface area contributed by atoms with Gasteiger partial charge in [0.15, 0.2) is 5.96 Å². The highest BCUT2D eigenvalue weighted by Gasteiger charge is 2.10. The smallest absolute Gasteiger partial charge is 0.191 e. The lowest BCUT2D eigenvalue weighted by Crippen LogP contribution is -2.40. The average molecular weight is 441 g/mol. The van der Waals surface area contributed by atoms with Crippen molar-refractivity contribution >= 4 is 29.2 Å². The summed E-state index contributed by atoms with van der Waals surface area (Å²) in [5.74, 6) is 1.71. The van der Waals surface area contributed by atoms with Gasteiger partial charge in [0.25, 0.3) is 0 Å². The lowest BCUT2D eigenvalue weighted by atomic mass is 10.1. The molecule has 1 unspecified atom stereocenters. The Labute approximate surface area is 182 Å². The van der Waals surface area contributed by atoms with Crippen LogP contribution in [0.1, 0.15) is 44.6 Å². The third-order valence-corrected chi connectivity index (χ3v) is 5.11. The molecule has 0 amide bonds. The molecule has 29 heavy (non-hydrogen) atoms. The standard InChI is InChI=1S/C20H30Cl2N6O/c1-4-19-27-25-14-28(19)11-10-24-20(23-9-6-12-29-5-2)26-15(3)16-7-8-17(21)18(22)13-16/h7-8,13-15H,4-6,9-12H2,1-3H3,(H2,23,24,26). The number of hydrogen-bond donors (Lipinski definition) is 2. The molecule has 0 saturated carbocycles. The minimum absolute atomic E-state index is 0.0176. The highest BCUT2D eigenvalue weighted by Crippen LogP contribution is 2.25. The molecule has 0 bridgehead atoms. The van der Waals surface area contributed by atoms with Crippen molar-refractivity contribution in [1.82, 2.24) is 25.4 Å². The number of hydrogen-bond acceptors (Lipinski definition) is 4. The van der Waals surface area contributed by atoms with E-state index in [2.05, 4.69) is 39.7 Å². The molecule has 2 N–H and O–H groups in total. The van der Waals surface area contributed by atoms with E-state index in [4.69, 9.17) is 27.9 Å². The van der Waals surface area contributed by atoms with Gasteiger partial charge in [-0.1, -0.05) is 36.2 Å². The van der Waals surface area contributed by atoms with E-state index < -0.39 is 0 Å². The number of benzene rings is 1. The van der Waals surface area contributed by atoms with E-state index in [1.807, 2.05) is 29.7 Å². The van der Waals surface area contributed by atoms with Crippen molar-refractivity contribution in [2.45, 2.75) is 46.2 Å². The van der Waals surface area contributed by atoms with Gasteiger partial charge in [-0.15, -0.1) is 10.2 Å². The minimum atomic E-state index is 0.0176. The van der Waals surface area contributed by atoms with Crippen molar-refractivity contribution in [2.24, 2.45) is 4.99 Å². The van der Waals surface area contributed by atoms with Gasteiger partial charge in [-0.3, -0.25) is 4.99 Å². The summed E-state index contributed by atoms with van der Waals surface area (Å²) in [7, 11) is 0. The van der Waals surface area contributed by atoms with Gasteiger partial charge in [0, 0.05) is 39.3 Å². The molecule has 1 aromatic heterocycles. The Bertz CT molecular complexity index is 780. The molecule has 0 aliphatic rings. The number of nitrogens with one attached hydrogen (secondary N) is 2. The molecule has 0 spiro atoms. The van der Waals surface area contributed by atoms with E-state index in [0.29, 0.717) is 29.7 Å². The van der Waals surface area contributed by atoms with Crippen LogP contribution in [0.4, 0.5) is 0 Å². The largest absolute Gasteiger partial charge is 0.382 e. The molecule has 2 rings (SSSR count). The van der Waals surface area contributed by atoms with Crippen molar-refractivity contribution in [3.8, 4) is 0 Å². The Morgan fingerprint density at radius 1 is 1.28 bits per heavy atom. The number of aliphatic imine (C=N–C) groups is 1. The fourth-order valence-corrected chi connectivity index (χ4v) is 3.07. The van der Waals surface area contributed by atoms with Crippen LogP contribution in [-0.2, 0) is 17.7 Å². The number of aromatic nitrogens is 3. The predicted octanol–water partition coefficient (Wildman–Crippen LogP) is 3.87. The Morgan fingerprint density at radius 2 is 2.10 bits per heavy atom. The van der Waals surface area contributed by atoms with Gasteiger partial charge in [-0.05, 0) is 38.0 Å². The van der Waals surface area contributed by atoms with Crippen LogP contribution in [0.2, 0.25) is 10.0 Å². The maximum atomic E-state index is 6.16. The van der Waals surface area contributed by atoms with Crippen LogP contribution in [0.15, 0.2) is 29.5 Å². The molecule has 0 radical (unpaired) electrons. The van der Waals surface area contributed by atoms with Gasteiger partial charge in [0.2, 0.25) is 0 Å². The van der Waals surface area contributed by atoms with Crippen LogP contribution in [0, 0.1) is 0 Å². The normalized spacial score (nSPS) is 12.8. The highest BCUT2D eigenvalue weighted by molar-refractivity contribution is 6.42. The quantitative estimate of drug-likeness (QED) is 0.315. The maximum absolute atomic E-state index is 6.16. The monoisotopic (exact) mass is 440 g/mol. The molecular formula is C20H30Cl2N6O. The fraction of sp³-hybridized carbons (Fsp3) is 0.550. The number of ether oxygens (including phenoxy) is 1. The van der Waals surface area contributed by atoms with E-state index in [1.165, 1.54) is 0 Å². The molecule has 7 nitrogen and oxygen atoms in total. The Balaban J connectivity index is 1.97. The summed E-state index contributed by atoms with van der Waals surface area (Å²) in [5.41, 5.74) is 1.04. The first kappa shape index (κ1) is 23.4. The van der Waals surface area contributed by atoms with Gasteiger partial charge in [-0.25, -0.2) is 0 Å². The molecule has 0 aliphatic carbocycles. The fourth-order valence-electron chi connectivity index (χ4n) is 2.76. The summed E-state index contributed by atoms with van der Waals surface area (Å²) in [6, 6.07) is 5.66. The molecular weight excluding hydrogens is 411 g/mol. The number of rotatable bonds is 11. The third kappa shape index (κ3) is 7.84. The second-order valence-electron chi connectivity index (χ2n) is 6.54. The zero-order valence-electron chi connectivity index (χ0n) is 17.3. The van der Waals surface area contributed by atoms with Gasteiger partial charge < -0.3 is 19.9 Å². The zero-order valence-corrected chi connectivity index (χ0v) is 18.8. The molecule has 0 fully saturated rings. The molecule has 9 heteroatoms. The number of halogens is 2. The van der Waals surface area contributed by atoms with Crippen LogP contribution < -0.4 is 10.6 Å². The van der Waals surface area contributed by atoms with Crippen molar-refractivity contribution in [3.63, 3.8) is 0 Å². The summed E-state index contributed by atoms with van der Waals surface area (Å²) < 4.78 is 7.44. The van der Waals surface area contributed by atoms with Crippen molar-refractivity contribution < 1.29 is 4.74 Å². The van der Waals surface area contributed by atoms with Gasteiger partial charge >= 0.3 is 0 Å². The zero-order chi connectivity index (χ0) is 21.1. The number of guanidine groups is 1. The summed E-state index contributed by atoms with van der Waals surface area (Å²) in [4.78, 5) is 4.68. The molecule has 1 aromatic carbocycles. The van der Waals surface area contributed by atoms with Gasteiger partial charge in [-0.2, -0.15) is 0 Å². The van der Waals surface area contributed by atoms with Gasteiger partial charge in [0.1, 0.15) is 12.2 Å². The summed E-state index contributed by atoms with van der Waals surface area (Å²) in [5, 5.41) is 16.0. The van der Waals surface area contributed by atoms with Crippen molar-refractivity contribution in [2.75, 3.05) is 26.3 Å². The van der Waals surface area contributed by atoms with E-state index in [0.717, 1.165) is 43.3 Å².